The zero-order valence-corrected chi connectivity index (χ0v) is 15.7. The van der Waals surface area contributed by atoms with Crippen molar-refractivity contribution < 1.29 is 4.79 Å². The largest absolute Gasteiger partial charge is 0.325 e. The topological polar surface area (TPSA) is 59.8 Å². The first-order valence-corrected chi connectivity index (χ1v) is 9.52. The lowest BCUT2D eigenvalue weighted by atomic mass is 10.0. The number of para-hydroxylation sites is 1. The first-order chi connectivity index (χ1) is 11.6. The van der Waals surface area contributed by atoms with Crippen molar-refractivity contribution in [1.82, 2.24) is 14.8 Å². The summed E-state index contributed by atoms with van der Waals surface area (Å²) >= 11 is 1.44. The molecule has 2 rings (SSSR count). The molecule has 0 saturated heterocycles. The summed E-state index contributed by atoms with van der Waals surface area (Å²) in [6.45, 7) is 9.15. The summed E-state index contributed by atoms with van der Waals surface area (Å²) in [5.41, 5.74) is 3.33. The van der Waals surface area contributed by atoms with Crippen LogP contribution >= 0.6 is 11.8 Å². The summed E-state index contributed by atoms with van der Waals surface area (Å²) in [5.74, 6) is 1.23. The van der Waals surface area contributed by atoms with Gasteiger partial charge in [0.05, 0.1) is 5.75 Å². The van der Waals surface area contributed by atoms with Gasteiger partial charge in [-0.3, -0.25) is 4.79 Å². The number of aromatic nitrogens is 3. The van der Waals surface area contributed by atoms with Crippen molar-refractivity contribution in [2.45, 2.75) is 58.7 Å². The van der Waals surface area contributed by atoms with E-state index in [0.29, 0.717) is 5.75 Å². The Labute approximate surface area is 148 Å². The zero-order valence-electron chi connectivity index (χ0n) is 14.9. The van der Waals surface area contributed by atoms with Crippen molar-refractivity contribution in [2.24, 2.45) is 0 Å². The Morgan fingerprint density at radius 2 is 1.83 bits per heavy atom. The number of aryl methyl sites for hydroxylation is 3. The van der Waals surface area contributed by atoms with Crippen LogP contribution in [0.5, 0.6) is 0 Å². The molecule has 1 aromatic heterocycles. The first-order valence-electron chi connectivity index (χ1n) is 8.53. The fourth-order valence-corrected chi connectivity index (χ4v) is 3.47. The van der Waals surface area contributed by atoms with E-state index in [1.165, 1.54) is 22.9 Å². The number of anilines is 1. The molecule has 0 fully saturated rings. The summed E-state index contributed by atoms with van der Waals surface area (Å²) in [5, 5.41) is 12.2. The molecule has 130 valence electrons. The second kappa shape index (κ2) is 8.87. The number of hydrogen-bond acceptors (Lipinski definition) is 4. The molecule has 1 amide bonds. The van der Waals surface area contributed by atoms with Crippen molar-refractivity contribution in [2.75, 3.05) is 11.1 Å². The molecule has 0 aliphatic heterocycles. The first kappa shape index (κ1) is 18.5. The lowest BCUT2D eigenvalue weighted by Crippen LogP contribution is -2.17. The smallest absolute Gasteiger partial charge is 0.234 e. The number of nitrogens with zero attached hydrogens (tertiary/aromatic N) is 3. The molecular weight excluding hydrogens is 320 g/mol. The summed E-state index contributed by atoms with van der Waals surface area (Å²) in [6.07, 6.45) is 2.82. The number of rotatable bonds is 8. The van der Waals surface area contributed by atoms with Crippen molar-refractivity contribution in [1.29, 1.82) is 0 Å². The number of benzene rings is 1. The van der Waals surface area contributed by atoms with Crippen LogP contribution in [0, 0.1) is 6.92 Å². The van der Waals surface area contributed by atoms with Crippen molar-refractivity contribution in [3.63, 3.8) is 0 Å². The third-order valence-corrected chi connectivity index (χ3v) is 4.91. The van der Waals surface area contributed by atoms with Crippen LogP contribution in [0.25, 0.3) is 0 Å². The predicted octanol–water partition coefficient (Wildman–Crippen LogP) is 3.85. The molecule has 24 heavy (non-hydrogen) atoms. The van der Waals surface area contributed by atoms with Gasteiger partial charge in [-0.2, -0.15) is 0 Å². The number of carbonyl (C=O) groups excluding carboxylic acids is 1. The average molecular weight is 347 g/mol. The van der Waals surface area contributed by atoms with E-state index in [-0.39, 0.29) is 5.91 Å². The minimum Gasteiger partial charge on any atom is -0.325 e. The van der Waals surface area contributed by atoms with E-state index in [1.807, 2.05) is 6.92 Å². The zero-order chi connectivity index (χ0) is 17.5. The van der Waals surface area contributed by atoms with Crippen LogP contribution in [0.3, 0.4) is 0 Å². The summed E-state index contributed by atoms with van der Waals surface area (Å²) in [7, 11) is 0. The molecule has 0 spiro atoms. The van der Waals surface area contributed by atoms with Crippen LogP contribution in [0.2, 0.25) is 0 Å². The second-order valence-electron chi connectivity index (χ2n) is 5.68. The molecule has 0 aliphatic carbocycles. The maximum Gasteiger partial charge on any atom is 0.234 e. The molecule has 5 nitrogen and oxygen atoms in total. The summed E-state index contributed by atoms with van der Waals surface area (Å²) < 4.78 is 2.06. The maximum atomic E-state index is 12.4. The highest BCUT2D eigenvalue weighted by Crippen LogP contribution is 2.24. The van der Waals surface area contributed by atoms with Gasteiger partial charge in [0, 0.05) is 12.2 Å². The van der Waals surface area contributed by atoms with E-state index in [9.17, 15) is 4.79 Å². The molecule has 1 N–H and O–H groups in total. The highest BCUT2D eigenvalue weighted by atomic mass is 32.2. The van der Waals surface area contributed by atoms with Gasteiger partial charge >= 0.3 is 0 Å². The number of carbonyl (C=O) groups is 1. The SMILES string of the molecule is CCCn1c(C)nnc1SCC(=O)Nc1c(CC)cccc1CC. The second-order valence-corrected chi connectivity index (χ2v) is 6.62. The van der Waals surface area contributed by atoms with E-state index >= 15 is 0 Å². The Bertz CT molecular complexity index is 674. The molecule has 1 heterocycles. The van der Waals surface area contributed by atoms with E-state index in [0.717, 1.165) is 42.5 Å². The summed E-state index contributed by atoms with van der Waals surface area (Å²) in [6, 6.07) is 6.20. The Morgan fingerprint density at radius 3 is 2.42 bits per heavy atom. The van der Waals surface area contributed by atoms with Gasteiger partial charge in [0.1, 0.15) is 5.82 Å². The summed E-state index contributed by atoms with van der Waals surface area (Å²) in [4.78, 5) is 12.4. The number of thioether (sulfide) groups is 1. The molecule has 2 aromatic rings. The molecule has 0 radical (unpaired) electrons. The number of nitrogens with one attached hydrogen (secondary N) is 1. The Kier molecular flexibility index (Phi) is 6.85. The molecule has 0 bridgehead atoms. The fraction of sp³-hybridized carbons (Fsp3) is 0.500. The number of amides is 1. The fourth-order valence-electron chi connectivity index (χ4n) is 2.66. The van der Waals surface area contributed by atoms with E-state index < -0.39 is 0 Å². The number of hydrogen-bond donors (Lipinski definition) is 1. The average Bonchev–Trinajstić information content (AvgIpc) is 2.94. The Hall–Kier alpha value is -1.82. The van der Waals surface area contributed by atoms with E-state index in [4.69, 9.17) is 0 Å². The van der Waals surface area contributed by atoms with Gasteiger partial charge in [-0.05, 0) is 37.3 Å². The van der Waals surface area contributed by atoms with Gasteiger partial charge in [-0.1, -0.05) is 50.7 Å². The minimum absolute atomic E-state index is 0.000647. The van der Waals surface area contributed by atoms with Crippen LogP contribution in [0.1, 0.15) is 44.1 Å². The quantitative estimate of drug-likeness (QED) is 0.738. The highest BCUT2D eigenvalue weighted by molar-refractivity contribution is 7.99. The lowest BCUT2D eigenvalue weighted by Gasteiger charge is -2.14. The normalized spacial score (nSPS) is 10.8. The third-order valence-electron chi connectivity index (χ3n) is 3.94. The molecule has 0 atom stereocenters. The van der Waals surface area contributed by atoms with Crippen LogP contribution < -0.4 is 5.32 Å². The van der Waals surface area contributed by atoms with Gasteiger partial charge in [0.2, 0.25) is 5.91 Å². The third kappa shape index (κ3) is 4.38. The van der Waals surface area contributed by atoms with Crippen molar-refractivity contribution in [3.8, 4) is 0 Å². The van der Waals surface area contributed by atoms with Crippen LogP contribution in [-0.4, -0.2) is 26.4 Å². The molecule has 0 aliphatic rings. The van der Waals surface area contributed by atoms with Gasteiger partial charge in [-0.15, -0.1) is 10.2 Å². The van der Waals surface area contributed by atoms with E-state index in [2.05, 4.69) is 59.1 Å². The maximum absolute atomic E-state index is 12.4. The molecule has 6 heteroatoms. The van der Waals surface area contributed by atoms with Gasteiger partial charge in [0.15, 0.2) is 5.16 Å². The molecule has 1 aromatic carbocycles. The standard InChI is InChI=1S/C18H26N4OS/c1-5-11-22-13(4)20-21-18(22)24-12-16(23)19-17-14(6-2)9-8-10-15(17)7-3/h8-10H,5-7,11-12H2,1-4H3,(H,19,23). The van der Waals surface area contributed by atoms with Crippen LogP contribution in [0.15, 0.2) is 23.4 Å². The van der Waals surface area contributed by atoms with Crippen molar-refractivity contribution in [3.05, 3.63) is 35.2 Å². The van der Waals surface area contributed by atoms with E-state index in [1.54, 1.807) is 0 Å². The van der Waals surface area contributed by atoms with Crippen LogP contribution in [0.4, 0.5) is 5.69 Å². The minimum atomic E-state index is -0.000647. The van der Waals surface area contributed by atoms with Gasteiger partial charge in [-0.25, -0.2) is 0 Å². The molecule has 0 unspecified atom stereocenters. The Balaban J connectivity index is 2.05. The Morgan fingerprint density at radius 1 is 1.17 bits per heavy atom. The predicted molar refractivity (Wildman–Crippen MR) is 99.6 cm³/mol. The van der Waals surface area contributed by atoms with Gasteiger partial charge in [0.25, 0.3) is 0 Å². The highest BCUT2D eigenvalue weighted by Gasteiger charge is 2.13. The molecule has 0 saturated carbocycles. The molecular formula is C18H26N4OS. The van der Waals surface area contributed by atoms with Crippen molar-refractivity contribution >= 4 is 23.4 Å². The van der Waals surface area contributed by atoms with Gasteiger partial charge < -0.3 is 9.88 Å². The monoisotopic (exact) mass is 346 g/mol. The lowest BCUT2D eigenvalue weighted by molar-refractivity contribution is -0.113. The van der Waals surface area contributed by atoms with Crippen LogP contribution in [-0.2, 0) is 24.2 Å².